The van der Waals surface area contributed by atoms with Gasteiger partial charge < -0.3 is 24.3 Å². The van der Waals surface area contributed by atoms with Crippen LogP contribution < -0.4 is 10.1 Å². The van der Waals surface area contributed by atoms with Crippen LogP contribution in [0, 0.1) is 12.8 Å². The van der Waals surface area contributed by atoms with E-state index in [1.54, 1.807) is 0 Å². The number of nitrogens with one attached hydrogen (secondary N) is 2. The summed E-state index contributed by atoms with van der Waals surface area (Å²) < 4.78 is 16.6. The number of carbonyl (C=O) groups excluding carboxylic acids is 1. The maximum absolute atomic E-state index is 12.4. The molecule has 3 aromatic rings. The molecule has 3 aliphatic rings. The van der Waals surface area contributed by atoms with Crippen LogP contribution in [-0.4, -0.2) is 28.3 Å². The van der Waals surface area contributed by atoms with E-state index in [0.29, 0.717) is 35.6 Å². The molecule has 2 aliphatic heterocycles. The Kier molecular flexibility index (Phi) is 4.10. The quantitative estimate of drug-likeness (QED) is 0.660. The van der Waals surface area contributed by atoms with Crippen molar-refractivity contribution in [1.82, 2.24) is 15.5 Å². The van der Waals surface area contributed by atoms with Crippen LogP contribution in [0.4, 0.5) is 0 Å². The molecular weight excluding hydrogens is 382 g/mol. The monoisotopic (exact) mass is 401 g/mol. The highest BCUT2D eigenvalue weighted by atomic mass is 35.5. The summed E-state index contributed by atoms with van der Waals surface area (Å²) in [6.45, 7) is 3.22. The largest absolute Gasteiger partial charge is 0.484 e. The SMILES string of the molecule is Cc1cc(COc2cc3[nH]c(CNC(=O)C45CC(CO4)C5)cc3cc2Cl)on1. The molecule has 8 heteroatoms. The Balaban J connectivity index is 1.27. The van der Waals surface area contributed by atoms with Crippen molar-refractivity contribution in [2.24, 2.45) is 5.92 Å². The van der Waals surface area contributed by atoms with Crippen molar-refractivity contribution < 1.29 is 18.8 Å². The van der Waals surface area contributed by atoms with Crippen molar-refractivity contribution in [2.75, 3.05) is 6.61 Å². The van der Waals surface area contributed by atoms with E-state index in [1.165, 1.54) is 0 Å². The normalized spacial score (nSPS) is 23.0. The van der Waals surface area contributed by atoms with Gasteiger partial charge in [-0.15, -0.1) is 0 Å². The third-order valence-electron chi connectivity index (χ3n) is 5.46. The molecule has 146 valence electrons. The number of hydrogen-bond donors (Lipinski definition) is 2. The highest BCUT2D eigenvalue weighted by molar-refractivity contribution is 6.32. The lowest BCUT2D eigenvalue weighted by Gasteiger charge is -2.33. The first-order chi connectivity index (χ1) is 13.5. The molecular formula is C20H20ClN3O4. The molecule has 0 spiro atoms. The van der Waals surface area contributed by atoms with Crippen molar-refractivity contribution in [1.29, 1.82) is 0 Å². The first-order valence-electron chi connectivity index (χ1n) is 9.29. The molecule has 0 unspecified atom stereocenters. The van der Waals surface area contributed by atoms with E-state index >= 15 is 0 Å². The Morgan fingerprint density at radius 1 is 1.39 bits per heavy atom. The van der Waals surface area contributed by atoms with Gasteiger partial charge >= 0.3 is 0 Å². The average molecular weight is 402 g/mol. The van der Waals surface area contributed by atoms with Crippen molar-refractivity contribution in [3.8, 4) is 5.75 Å². The van der Waals surface area contributed by atoms with Crippen molar-refractivity contribution in [2.45, 2.75) is 38.5 Å². The molecule has 4 heterocycles. The summed E-state index contributed by atoms with van der Waals surface area (Å²) in [4.78, 5) is 15.7. The van der Waals surface area contributed by atoms with E-state index in [1.807, 2.05) is 31.2 Å². The van der Waals surface area contributed by atoms with Gasteiger partial charge in [-0.3, -0.25) is 4.79 Å². The van der Waals surface area contributed by atoms with Gasteiger partial charge in [0.25, 0.3) is 5.91 Å². The molecule has 1 aromatic carbocycles. The molecule has 0 radical (unpaired) electrons. The molecule has 3 fully saturated rings. The maximum atomic E-state index is 12.4. The zero-order valence-electron chi connectivity index (χ0n) is 15.4. The number of amides is 1. The fourth-order valence-electron chi connectivity index (χ4n) is 4.01. The summed E-state index contributed by atoms with van der Waals surface area (Å²) in [5, 5.41) is 8.28. The van der Waals surface area contributed by atoms with Gasteiger partial charge in [0.1, 0.15) is 18.0 Å². The van der Waals surface area contributed by atoms with Gasteiger partial charge in [-0.2, -0.15) is 0 Å². The molecule has 28 heavy (non-hydrogen) atoms. The minimum absolute atomic E-state index is 0.0238. The standard InChI is InChI=1S/C20H20ClN3O4/c1-11-2-15(28-24-11)10-26-18-5-17-13(4-16(18)21)3-14(23-17)8-22-19(25)20-6-12(7-20)9-27-20/h2-5,12,23H,6-10H2,1H3,(H,22,25). The first-order valence-corrected chi connectivity index (χ1v) is 9.67. The number of benzene rings is 1. The lowest BCUT2D eigenvalue weighted by atomic mass is 9.74. The number of hydrogen-bond acceptors (Lipinski definition) is 5. The smallest absolute Gasteiger partial charge is 0.252 e. The fraction of sp³-hybridized carbons (Fsp3) is 0.400. The molecule has 1 amide bonds. The topological polar surface area (TPSA) is 89.4 Å². The Morgan fingerprint density at radius 2 is 2.25 bits per heavy atom. The number of aryl methyl sites for hydroxylation is 1. The Bertz CT molecular complexity index is 1050. The van der Waals surface area contributed by atoms with Gasteiger partial charge in [0.2, 0.25) is 0 Å². The van der Waals surface area contributed by atoms with Gasteiger partial charge in [0.05, 0.1) is 23.9 Å². The van der Waals surface area contributed by atoms with Gasteiger partial charge in [-0.25, -0.2) is 0 Å². The van der Waals surface area contributed by atoms with Crippen molar-refractivity contribution in [3.05, 3.63) is 46.4 Å². The lowest BCUT2D eigenvalue weighted by molar-refractivity contribution is -0.143. The molecule has 0 atom stereocenters. The zero-order chi connectivity index (χ0) is 19.3. The molecule has 1 aliphatic carbocycles. The van der Waals surface area contributed by atoms with E-state index in [9.17, 15) is 4.79 Å². The fourth-order valence-corrected chi connectivity index (χ4v) is 4.23. The summed E-state index contributed by atoms with van der Waals surface area (Å²) in [5.74, 6) is 1.72. The number of halogens is 1. The van der Waals surface area contributed by atoms with E-state index in [4.69, 9.17) is 25.6 Å². The predicted molar refractivity (Wildman–Crippen MR) is 102 cm³/mol. The molecule has 2 bridgehead atoms. The van der Waals surface area contributed by atoms with E-state index < -0.39 is 5.60 Å². The molecule has 2 aromatic heterocycles. The third-order valence-corrected chi connectivity index (χ3v) is 5.76. The lowest BCUT2D eigenvalue weighted by Crippen LogP contribution is -2.50. The zero-order valence-corrected chi connectivity index (χ0v) is 16.1. The second-order valence-corrected chi connectivity index (χ2v) is 8.06. The van der Waals surface area contributed by atoms with Gasteiger partial charge in [0.15, 0.2) is 5.76 Å². The average Bonchev–Trinajstić information content (AvgIpc) is 3.40. The van der Waals surface area contributed by atoms with Gasteiger partial charge in [-0.1, -0.05) is 16.8 Å². The Morgan fingerprint density at radius 3 is 2.96 bits per heavy atom. The summed E-state index contributed by atoms with van der Waals surface area (Å²) >= 11 is 6.35. The van der Waals surface area contributed by atoms with Crippen LogP contribution >= 0.6 is 11.6 Å². The highest BCUT2D eigenvalue weighted by Crippen LogP contribution is 2.48. The number of carbonyl (C=O) groups is 1. The van der Waals surface area contributed by atoms with Crippen LogP contribution in [0.15, 0.2) is 28.8 Å². The maximum Gasteiger partial charge on any atom is 0.252 e. The summed E-state index contributed by atoms with van der Waals surface area (Å²) in [6, 6.07) is 7.48. The van der Waals surface area contributed by atoms with E-state index in [-0.39, 0.29) is 12.5 Å². The number of rotatable bonds is 6. The summed E-state index contributed by atoms with van der Waals surface area (Å²) in [5.41, 5.74) is 2.00. The van der Waals surface area contributed by atoms with Crippen LogP contribution in [0.25, 0.3) is 10.9 Å². The number of fused-ring (bicyclic) bond motifs is 2. The van der Waals surface area contributed by atoms with E-state index in [2.05, 4.69) is 15.5 Å². The van der Waals surface area contributed by atoms with Crippen LogP contribution in [0.2, 0.25) is 5.02 Å². The second-order valence-electron chi connectivity index (χ2n) is 7.65. The van der Waals surface area contributed by atoms with Crippen molar-refractivity contribution >= 4 is 28.4 Å². The summed E-state index contributed by atoms with van der Waals surface area (Å²) in [7, 11) is 0. The first kappa shape index (κ1) is 17.6. The number of aromatic amines is 1. The predicted octanol–water partition coefficient (Wildman–Crippen LogP) is 3.49. The van der Waals surface area contributed by atoms with Crippen LogP contribution in [0.1, 0.15) is 30.0 Å². The number of nitrogens with zero attached hydrogens (tertiary/aromatic N) is 1. The van der Waals surface area contributed by atoms with Gasteiger partial charge in [-0.05, 0) is 37.8 Å². The van der Waals surface area contributed by atoms with Crippen molar-refractivity contribution in [3.63, 3.8) is 0 Å². The summed E-state index contributed by atoms with van der Waals surface area (Å²) in [6.07, 6.45) is 1.68. The number of H-pyrrole nitrogens is 1. The molecule has 6 rings (SSSR count). The molecule has 2 N–H and O–H groups in total. The molecule has 2 saturated heterocycles. The minimum atomic E-state index is -0.583. The molecule has 7 nitrogen and oxygen atoms in total. The number of ether oxygens (including phenoxy) is 2. The second kappa shape index (κ2) is 6.53. The third kappa shape index (κ3) is 3.04. The minimum Gasteiger partial charge on any atom is -0.484 e. The highest BCUT2D eigenvalue weighted by Gasteiger charge is 2.57. The van der Waals surface area contributed by atoms with Crippen LogP contribution in [0.3, 0.4) is 0 Å². The van der Waals surface area contributed by atoms with E-state index in [0.717, 1.165) is 35.1 Å². The Labute approximate surface area is 166 Å². The number of aromatic nitrogens is 2. The Hall–Kier alpha value is -2.51. The van der Waals surface area contributed by atoms with Crippen LogP contribution in [0.5, 0.6) is 5.75 Å². The van der Waals surface area contributed by atoms with Gasteiger partial charge in [0, 0.05) is 28.7 Å². The molecule has 1 saturated carbocycles. The van der Waals surface area contributed by atoms with Crippen LogP contribution in [-0.2, 0) is 22.7 Å².